The number of nitrogens with one attached hydrogen (secondary N) is 1. The van der Waals surface area contributed by atoms with E-state index in [1.807, 2.05) is 37.0 Å². The van der Waals surface area contributed by atoms with Crippen LogP contribution in [-0.4, -0.2) is 50.9 Å². The smallest absolute Gasteiger partial charge is 0.173 e. The van der Waals surface area contributed by atoms with Gasteiger partial charge in [-0.15, -0.1) is 0 Å². The molecule has 0 radical (unpaired) electrons. The molecular formula is C15H21N5OS. The Bertz CT molecular complexity index is 628. The Kier molecular flexibility index (Phi) is 4.44. The van der Waals surface area contributed by atoms with Gasteiger partial charge in [0.2, 0.25) is 0 Å². The molecule has 0 spiro atoms. The normalized spacial score (nSPS) is 16.0. The maximum Gasteiger partial charge on any atom is 0.173 e. The van der Waals surface area contributed by atoms with Gasteiger partial charge in [-0.1, -0.05) is 0 Å². The van der Waals surface area contributed by atoms with Crippen LogP contribution in [0.1, 0.15) is 11.5 Å². The lowest BCUT2D eigenvalue weighted by Crippen LogP contribution is -2.49. The van der Waals surface area contributed by atoms with Crippen LogP contribution in [0.15, 0.2) is 29.0 Å². The van der Waals surface area contributed by atoms with Gasteiger partial charge in [0.1, 0.15) is 5.76 Å². The summed E-state index contributed by atoms with van der Waals surface area (Å²) < 4.78 is 7.24. The Morgan fingerprint density at radius 2 is 2.14 bits per heavy atom. The highest BCUT2D eigenvalue weighted by Gasteiger charge is 2.20. The van der Waals surface area contributed by atoms with Crippen LogP contribution in [0, 0.1) is 6.92 Å². The topological polar surface area (TPSA) is 49.5 Å². The monoisotopic (exact) mass is 319 g/mol. The highest BCUT2D eigenvalue weighted by Crippen LogP contribution is 2.14. The van der Waals surface area contributed by atoms with Gasteiger partial charge in [-0.25, -0.2) is 0 Å². The van der Waals surface area contributed by atoms with Gasteiger partial charge < -0.3 is 14.6 Å². The van der Waals surface area contributed by atoms with Crippen LogP contribution >= 0.6 is 12.2 Å². The van der Waals surface area contributed by atoms with Crippen molar-refractivity contribution in [3.63, 3.8) is 0 Å². The Balaban J connectivity index is 1.50. The van der Waals surface area contributed by atoms with Crippen molar-refractivity contribution >= 4 is 23.0 Å². The fourth-order valence-corrected chi connectivity index (χ4v) is 2.84. The van der Waals surface area contributed by atoms with Gasteiger partial charge in [-0.3, -0.25) is 9.58 Å². The zero-order valence-electron chi connectivity index (χ0n) is 13.0. The third-order valence-electron chi connectivity index (χ3n) is 4.10. The number of anilines is 1. The second-order valence-electron chi connectivity index (χ2n) is 5.54. The molecule has 3 heterocycles. The van der Waals surface area contributed by atoms with E-state index < -0.39 is 0 Å². The molecule has 0 aromatic carbocycles. The largest absolute Gasteiger partial charge is 0.468 e. The van der Waals surface area contributed by atoms with Gasteiger partial charge >= 0.3 is 0 Å². The average Bonchev–Trinajstić information content (AvgIpc) is 3.13. The van der Waals surface area contributed by atoms with Crippen LogP contribution < -0.4 is 5.32 Å². The fraction of sp³-hybridized carbons (Fsp3) is 0.467. The van der Waals surface area contributed by atoms with Crippen LogP contribution in [0.4, 0.5) is 5.69 Å². The number of furan rings is 1. The Morgan fingerprint density at radius 1 is 1.36 bits per heavy atom. The number of piperazine rings is 1. The minimum absolute atomic E-state index is 0.772. The van der Waals surface area contributed by atoms with E-state index in [4.69, 9.17) is 16.6 Å². The van der Waals surface area contributed by atoms with Crippen LogP contribution in [0.3, 0.4) is 0 Å². The molecule has 0 atom stereocenters. The van der Waals surface area contributed by atoms with E-state index in [0.29, 0.717) is 0 Å². The molecule has 3 rings (SSSR count). The number of hydrogen-bond donors (Lipinski definition) is 1. The average molecular weight is 319 g/mol. The predicted molar refractivity (Wildman–Crippen MR) is 89.7 cm³/mol. The Labute approximate surface area is 135 Å². The van der Waals surface area contributed by atoms with E-state index in [-0.39, 0.29) is 0 Å². The van der Waals surface area contributed by atoms with Crippen LogP contribution in [0.25, 0.3) is 0 Å². The van der Waals surface area contributed by atoms with Gasteiger partial charge in [0.25, 0.3) is 0 Å². The van der Waals surface area contributed by atoms with E-state index in [2.05, 4.69) is 20.2 Å². The summed E-state index contributed by atoms with van der Waals surface area (Å²) in [6.45, 7) is 6.70. The first-order valence-corrected chi connectivity index (χ1v) is 7.83. The second-order valence-corrected chi connectivity index (χ2v) is 5.93. The molecule has 2 aromatic heterocycles. The van der Waals surface area contributed by atoms with Crippen molar-refractivity contribution in [2.75, 3.05) is 31.5 Å². The van der Waals surface area contributed by atoms with Gasteiger partial charge in [0.05, 0.1) is 30.4 Å². The molecule has 6 nitrogen and oxygen atoms in total. The molecule has 7 heteroatoms. The SMILES string of the molecule is Cc1c(NC(=S)N2CCN(Cc3ccco3)CC2)cnn1C. The summed E-state index contributed by atoms with van der Waals surface area (Å²) in [5.74, 6) is 1.01. The number of rotatable bonds is 3. The highest BCUT2D eigenvalue weighted by molar-refractivity contribution is 7.80. The molecule has 1 fully saturated rings. The lowest BCUT2D eigenvalue weighted by molar-refractivity contribution is 0.166. The third kappa shape index (κ3) is 3.31. The first kappa shape index (κ1) is 15.1. The highest BCUT2D eigenvalue weighted by atomic mass is 32.1. The maximum absolute atomic E-state index is 5.52. The van der Waals surface area contributed by atoms with E-state index >= 15 is 0 Å². The number of thiocarbonyl (C=S) groups is 1. The van der Waals surface area contributed by atoms with Crippen LogP contribution in [0.2, 0.25) is 0 Å². The zero-order valence-corrected chi connectivity index (χ0v) is 13.8. The summed E-state index contributed by atoms with van der Waals surface area (Å²) in [5.41, 5.74) is 2.06. The summed E-state index contributed by atoms with van der Waals surface area (Å²) in [7, 11) is 1.93. The van der Waals surface area contributed by atoms with E-state index in [0.717, 1.165) is 55.0 Å². The lowest BCUT2D eigenvalue weighted by Gasteiger charge is -2.35. The molecule has 1 aliphatic rings. The molecule has 2 aromatic rings. The van der Waals surface area contributed by atoms with Crippen molar-refractivity contribution in [2.24, 2.45) is 7.05 Å². The third-order valence-corrected chi connectivity index (χ3v) is 4.46. The minimum Gasteiger partial charge on any atom is -0.468 e. The summed E-state index contributed by atoms with van der Waals surface area (Å²) in [4.78, 5) is 4.59. The van der Waals surface area contributed by atoms with Crippen molar-refractivity contribution in [3.8, 4) is 0 Å². The second kappa shape index (κ2) is 6.50. The summed E-state index contributed by atoms with van der Waals surface area (Å²) >= 11 is 5.52. The number of aromatic nitrogens is 2. The molecule has 0 unspecified atom stereocenters. The molecule has 1 saturated heterocycles. The Morgan fingerprint density at radius 3 is 2.73 bits per heavy atom. The molecule has 22 heavy (non-hydrogen) atoms. The molecule has 0 saturated carbocycles. The molecular weight excluding hydrogens is 298 g/mol. The first-order chi connectivity index (χ1) is 10.6. The van der Waals surface area contributed by atoms with E-state index in [1.165, 1.54) is 0 Å². The molecule has 118 valence electrons. The van der Waals surface area contributed by atoms with E-state index in [1.54, 1.807) is 6.26 Å². The summed E-state index contributed by atoms with van der Waals surface area (Å²) in [5, 5.41) is 8.30. The number of nitrogens with zero attached hydrogens (tertiary/aromatic N) is 4. The van der Waals surface area contributed by atoms with Crippen LogP contribution in [0.5, 0.6) is 0 Å². The standard InChI is InChI=1S/C15H21N5OS/c1-12-14(10-16-18(12)2)17-15(22)20-7-5-19(6-8-20)11-13-4-3-9-21-13/h3-4,9-10H,5-8,11H2,1-2H3,(H,17,22). The number of aryl methyl sites for hydroxylation is 1. The predicted octanol–water partition coefficient (Wildman–Crippen LogP) is 1.84. The van der Waals surface area contributed by atoms with Crippen molar-refractivity contribution in [3.05, 3.63) is 36.0 Å². The van der Waals surface area contributed by atoms with Gasteiger partial charge in [0.15, 0.2) is 5.11 Å². The van der Waals surface area contributed by atoms with Crippen molar-refractivity contribution in [1.29, 1.82) is 0 Å². The Hall–Kier alpha value is -1.86. The first-order valence-electron chi connectivity index (χ1n) is 7.43. The number of hydrogen-bond acceptors (Lipinski definition) is 4. The summed E-state index contributed by atoms with van der Waals surface area (Å²) in [6.07, 6.45) is 3.54. The van der Waals surface area contributed by atoms with Gasteiger partial charge in [0, 0.05) is 33.2 Å². The minimum atomic E-state index is 0.772. The van der Waals surface area contributed by atoms with Crippen molar-refractivity contribution < 1.29 is 4.42 Å². The molecule has 0 aliphatic carbocycles. The maximum atomic E-state index is 5.52. The van der Waals surface area contributed by atoms with Crippen molar-refractivity contribution in [1.82, 2.24) is 19.6 Å². The molecule has 1 N–H and O–H groups in total. The van der Waals surface area contributed by atoms with Gasteiger partial charge in [-0.05, 0) is 31.3 Å². The molecule has 1 aliphatic heterocycles. The zero-order chi connectivity index (χ0) is 15.5. The lowest BCUT2D eigenvalue weighted by atomic mass is 10.3. The molecule has 0 amide bonds. The summed E-state index contributed by atoms with van der Waals surface area (Å²) in [6, 6.07) is 3.95. The van der Waals surface area contributed by atoms with E-state index in [9.17, 15) is 0 Å². The van der Waals surface area contributed by atoms with Gasteiger partial charge in [-0.2, -0.15) is 5.10 Å². The van der Waals surface area contributed by atoms with Crippen molar-refractivity contribution in [2.45, 2.75) is 13.5 Å². The van der Waals surface area contributed by atoms with Crippen LogP contribution in [-0.2, 0) is 13.6 Å². The molecule has 0 bridgehead atoms. The quantitative estimate of drug-likeness (QED) is 0.871. The fourth-order valence-electron chi connectivity index (χ4n) is 2.55.